The maximum Gasteiger partial charge on any atom is 0.248 e. The molecule has 0 radical (unpaired) electrons. The van der Waals surface area contributed by atoms with Gasteiger partial charge in [0.1, 0.15) is 6.04 Å². The number of nitrogens with one attached hydrogen (secondary N) is 2. The van der Waals surface area contributed by atoms with Crippen LogP contribution in [0, 0.1) is 17.8 Å². The van der Waals surface area contributed by atoms with Crippen molar-refractivity contribution in [2.24, 2.45) is 23.5 Å². The fourth-order valence-electron chi connectivity index (χ4n) is 3.29. The highest BCUT2D eigenvalue weighted by Crippen LogP contribution is 2.31. The highest BCUT2D eigenvalue weighted by atomic mass is 32.2. The van der Waals surface area contributed by atoms with E-state index in [2.05, 4.69) is 5.32 Å². The van der Waals surface area contributed by atoms with Crippen molar-refractivity contribution in [3.63, 3.8) is 0 Å². The first-order valence-electron chi connectivity index (χ1n) is 10.1. The van der Waals surface area contributed by atoms with Gasteiger partial charge in [0.2, 0.25) is 17.7 Å². The Balaban J connectivity index is 2.19. The number of primary amides is 1. The summed E-state index contributed by atoms with van der Waals surface area (Å²) in [4.78, 5) is 37.7. The minimum Gasteiger partial charge on any atom is -0.368 e. The fourth-order valence-corrected chi connectivity index (χ4v) is 5.28. The number of carbonyl (C=O) groups excluding carboxylic acids is 3. The van der Waals surface area contributed by atoms with E-state index < -0.39 is 35.6 Å². The summed E-state index contributed by atoms with van der Waals surface area (Å²) in [7, 11) is 0. The highest BCUT2D eigenvalue weighted by Gasteiger charge is 2.36. The summed E-state index contributed by atoms with van der Waals surface area (Å²) < 4.78 is 1.01. The molecule has 0 bridgehead atoms. The van der Waals surface area contributed by atoms with E-state index in [0.29, 0.717) is 12.2 Å². The molecule has 2 rings (SSSR count). The first-order valence-corrected chi connectivity index (χ1v) is 11.9. The van der Waals surface area contributed by atoms with Gasteiger partial charge in [0.05, 0.1) is 16.0 Å². The Hall–Kier alpha value is -2.36. The third-order valence-corrected chi connectivity index (χ3v) is 7.09. The predicted molar refractivity (Wildman–Crippen MR) is 123 cm³/mol. The van der Waals surface area contributed by atoms with Gasteiger partial charge in [-0.05, 0) is 29.3 Å². The van der Waals surface area contributed by atoms with Gasteiger partial charge in [-0.2, -0.15) is 0 Å². The number of amides is 3. The first kappa shape index (κ1) is 24.9. The van der Waals surface area contributed by atoms with Crippen LogP contribution in [0.3, 0.4) is 0 Å². The lowest BCUT2D eigenvalue weighted by atomic mass is 9.84. The summed E-state index contributed by atoms with van der Waals surface area (Å²) in [5, 5.41) is 14.0. The average Bonchev–Trinajstić information content (AvgIpc) is 3.26. The number of thioether (sulfide) groups is 1. The number of hydrogen-bond donors (Lipinski definition) is 4. The molecule has 3 atom stereocenters. The zero-order valence-corrected chi connectivity index (χ0v) is 19.2. The molecule has 0 aliphatic heterocycles. The third kappa shape index (κ3) is 8.01. The normalized spacial score (nSPS) is 13.9. The zero-order chi connectivity index (χ0) is 22.8. The Morgan fingerprint density at radius 2 is 1.77 bits per heavy atom. The lowest BCUT2D eigenvalue weighted by Crippen LogP contribution is -2.51. The van der Waals surface area contributed by atoms with Crippen LogP contribution in [0.15, 0.2) is 52.1 Å². The van der Waals surface area contributed by atoms with Crippen molar-refractivity contribution in [1.82, 2.24) is 10.8 Å². The molecule has 31 heavy (non-hydrogen) atoms. The van der Waals surface area contributed by atoms with Crippen LogP contribution >= 0.6 is 23.1 Å². The van der Waals surface area contributed by atoms with Gasteiger partial charge in [-0.15, -0.1) is 23.1 Å². The standard InChI is InChI=1S/C22H29N3O4S2/c1-14(2)11-16(17(22(28)25-29)13-31-19-9-6-10-30-19)21(27)24-18(20(23)26)12-15-7-4-3-5-8-15/h3-10,14,16-18,29H,11-13H2,1-2H3,(H2,23,26)(H,24,27)(H,25,28)/t16-,17+,18+/m1/s1. The molecule has 7 nitrogen and oxygen atoms in total. The van der Waals surface area contributed by atoms with Gasteiger partial charge < -0.3 is 11.1 Å². The maximum atomic E-state index is 13.2. The van der Waals surface area contributed by atoms with Crippen molar-refractivity contribution in [1.29, 1.82) is 0 Å². The van der Waals surface area contributed by atoms with E-state index in [1.807, 2.05) is 61.7 Å². The molecule has 9 heteroatoms. The van der Waals surface area contributed by atoms with Gasteiger partial charge in [0, 0.05) is 12.2 Å². The molecule has 1 heterocycles. The molecule has 0 spiro atoms. The molecule has 168 valence electrons. The van der Waals surface area contributed by atoms with Crippen molar-refractivity contribution in [3.8, 4) is 0 Å². The molecular formula is C22H29N3O4S2. The largest absolute Gasteiger partial charge is 0.368 e. The molecule has 0 saturated heterocycles. The second-order valence-electron chi connectivity index (χ2n) is 7.71. The zero-order valence-electron chi connectivity index (χ0n) is 17.6. The van der Waals surface area contributed by atoms with E-state index in [-0.39, 0.29) is 12.3 Å². The number of carbonyl (C=O) groups is 3. The Bertz CT molecular complexity index is 844. The van der Waals surface area contributed by atoms with Gasteiger partial charge in [-0.3, -0.25) is 19.6 Å². The minimum atomic E-state index is -0.896. The summed E-state index contributed by atoms with van der Waals surface area (Å²) in [6.45, 7) is 3.91. The van der Waals surface area contributed by atoms with Crippen LogP contribution in [-0.4, -0.2) is 34.7 Å². The van der Waals surface area contributed by atoms with Crippen molar-refractivity contribution in [2.45, 2.75) is 36.9 Å². The Kier molecular flexibility index (Phi) is 10.0. The van der Waals surface area contributed by atoms with Crippen LogP contribution in [0.25, 0.3) is 0 Å². The molecule has 5 N–H and O–H groups in total. The average molecular weight is 464 g/mol. The Labute approximate surface area is 190 Å². The van der Waals surface area contributed by atoms with Crippen LogP contribution in [0.1, 0.15) is 25.8 Å². The van der Waals surface area contributed by atoms with Gasteiger partial charge in [-0.25, -0.2) is 5.48 Å². The number of nitrogens with two attached hydrogens (primary N) is 1. The van der Waals surface area contributed by atoms with Gasteiger partial charge in [0.25, 0.3) is 0 Å². The number of hydrogen-bond acceptors (Lipinski definition) is 6. The van der Waals surface area contributed by atoms with Crippen LogP contribution in [0.4, 0.5) is 0 Å². The van der Waals surface area contributed by atoms with Crippen LogP contribution in [0.5, 0.6) is 0 Å². The van der Waals surface area contributed by atoms with Crippen LogP contribution in [-0.2, 0) is 20.8 Å². The summed E-state index contributed by atoms with van der Waals surface area (Å²) in [5.74, 6) is -2.74. The second kappa shape index (κ2) is 12.5. The Morgan fingerprint density at radius 3 is 2.32 bits per heavy atom. The molecule has 0 aliphatic carbocycles. The van der Waals surface area contributed by atoms with E-state index in [0.717, 1.165) is 9.77 Å². The van der Waals surface area contributed by atoms with E-state index >= 15 is 0 Å². The topological polar surface area (TPSA) is 122 Å². The molecule has 0 fully saturated rings. The van der Waals surface area contributed by atoms with Gasteiger partial charge >= 0.3 is 0 Å². The third-order valence-electron chi connectivity index (χ3n) is 4.84. The number of hydroxylamine groups is 1. The summed E-state index contributed by atoms with van der Waals surface area (Å²) >= 11 is 3.00. The monoisotopic (exact) mass is 463 g/mol. The molecule has 3 amide bonds. The van der Waals surface area contributed by atoms with Crippen LogP contribution in [0.2, 0.25) is 0 Å². The van der Waals surface area contributed by atoms with Crippen molar-refractivity contribution in [2.75, 3.05) is 5.75 Å². The SMILES string of the molecule is CC(C)C[C@@H](C(=O)N[C@@H](Cc1ccccc1)C(N)=O)[C@H](CSc1cccs1)C(=O)NO. The highest BCUT2D eigenvalue weighted by molar-refractivity contribution is 8.01. The quantitative estimate of drug-likeness (QED) is 0.219. The molecule has 1 aromatic heterocycles. The molecule has 1 aromatic carbocycles. The second-order valence-corrected chi connectivity index (χ2v) is 9.98. The fraction of sp³-hybridized carbons (Fsp3) is 0.409. The van der Waals surface area contributed by atoms with Crippen molar-refractivity contribution >= 4 is 40.8 Å². The van der Waals surface area contributed by atoms with Gasteiger partial charge in [0.15, 0.2) is 0 Å². The Morgan fingerprint density at radius 1 is 1.06 bits per heavy atom. The molecule has 0 aliphatic rings. The van der Waals surface area contributed by atoms with E-state index in [1.54, 1.807) is 16.8 Å². The lowest BCUT2D eigenvalue weighted by molar-refractivity contribution is -0.140. The predicted octanol–water partition coefficient (Wildman–Crippen LogP) is 2.84. The summed E-state index contributed by atoms with van der Waals surface area (Å²) in [6.07, 6.45) is 0.683. The lowest BCUT2D eigenvalue weighted by Gasteiger charge is -2.27. The molecular weight excluding hydrogens is 434 g/mol. The molecule has 0 saturated carbocycles. The summed E-state index contributed by atoms with van der Waals surface area (Å²) in [5.41, 5.74) is 8.11. The van der Waals surface area contributed by atoms with E-state index in [4.69, 9.17) is 5.73 Å². The maximum absolute atomic E-state index is 13.2. The smallest absolute Gasteiger partial charge is 0.248 e. The molecule has 0 unspecified atom stereocenters. The van der Waals surface area contributed by atoms with Crippen molar-refractivity contribution < 1.29 is 19.6 Å². The number of thiophene rings is 1. The van der Waals surface area contributed by atoms with E-state index in [9.17, 15) is 19.6 Å². The minimum absolute atomic E-state index is 0.123. The molecule has 2 aromatic rings. The van der Waals surface area contributed by atoms with Crippen LogP contribution < -0.4 is 16.5 Å². The van der Waals surface area contributed by atoms with E-state index in [1.165, 1.54) is 11.8 Å². The summed E-state index contributed by atoms with van der Waals surface area (Å²) in [6, 6.07) is 12.2. The van der Waals surface area contributed by atoms with Crippen molar-refractivity contribution in [3.05, 3.63) is 53.4 Å². The number of rotatable bonds is 12. The number of benzene rings is 1. The van der Waals surface area contributed by atoms with Gasteiger partial charge in [-0.1, -0.05) is 50.2 Å². The first-order chi connectivity index (χ1) is 14.8.